The van der Waals surface area contributed by atoms with Crippen molar-refractivity contribution in [2.75, 3.05) is 13.1 Å². The van der Waals surface area contributed by atoms with Gasteiger partial charge in [0.05, 0.1) is 6.54 Å². The third kappa shape index (κ3) is 5.13. The summed E-state index contributed by atoms with van der Waals surface area (Å²) in [7, 11) is 0. The second kappa shape index (κ2) is 6.59. The number of benzene rings is 1. The minimum atomic E-state index is -4.20. The van der Waals surface area contributed by atoms with Crippen molar-refractivity contribution >= 4 is 0 Å². The highest BCUT2D eigenvalue weighted by atomic mass is 19.4. The monoisotopic (exact) mass is 288 g/mol. The number of rotatable bonds is 5. The maximum absolute atomic E-state index is 12.6. The van der Waals surface area contributed by atoms with Gasteiger partial charge in [-0.15, -0.1) is 0 Å². The van der Waals surface area contributed by atoms with E-state index in [2.05, 4.69) is 0 Å². The molecule has 0 aliphatic carbocycles. The summed E-state index contributed by atoms with van der Waals surface area (Å²) >= 11 is 0. The Kier molecular flexibility index (Phi) is 5.59. The Bertz CT molecular complexity index is 441. The molecule has 2 N–H and O–H groups in total. The van der Waals surface area contributed by atoms with Gasteiger partial charge in [0.25, 0.3) is 0 Å². The van der Waals surface area contributed by atoms with Gasteiger partial charge >= 0.3 is 6.18 Å². The molecule has 0 saturated heterocycles. The van der Waals surface area contributed by atoms with Crippen LogP contribution >= 0.6 is 0 Å². The predicted molar refractivity (Wildman–Crippen MR) is 75.6 cm³/mol. The molecule has 0 fully saturated rings. The van der Waals surface area contributed by atoms with Crippen LogP contribution in [0.4, 0.5) is 13.2 Å². The standard InChI is InChI=1S/C15H23F3N2/c1-10(2)20(9-15(16,17)18)8-14(19)13-6-5-11(3)12(4)7-13/h5-7,10,14H,8-9,19H2,1-4H3. The molecule has 0 amide bonds. The van der Waals surface area contributed by atoms with Crippen LogP contribution in [0, 0.1) is 13.8 Å². The molecule has 0 heterocycles. The van der Waals surface area contributed by atoms with E-state index in [9.17, 15) is 13.2 Å². The topological polar surface area (TPSA) is 29.3 Å². The molecule has 1 aromatic rings. The summed E-state index contributed by atoms with van der Waals surface area (Å²) in [4.78, 5) is 1.36. The van der Waals surface area contributed by atoms with Gasteiger partial charge < -0.3 is 5.73 Å². The van der Waals surface area contributed by atoms with Gasteiger partial charge in [-0.3, -0.25) is 4.90 Å². The first kappa shape index (κ1) is 17.0. The van der Waals surface area contributed by atoms with E-state index in [1.807, 2.05) is 32.0 Å². The molecule has 0 radical (unpaired) electrons. The smallest absolute Gasteiger partial charge is 0.323 e. The van der Waals surface area contributed by atoms with Gasteiger partial charge in [0, 0.05) is 18.6 Å². The van der Waals surface area contributed by atoms with Crippen LogP contribution in [0.15, 0.2) is 18.2 Å². The summed E-state index contributed by atoms with van der Waals surface area (Å²) < 4.78 is 37.7. The van der Waals surface area contributed by atoms with Crippen LogP contribution in [0.1, 0.15) is 36.6 Å². The van der Waals surface area contributed by atoms with Crippen LogP contribution < -0.4 is 5.73 Å². The summed E-state index contributed by atoms with van der Waals surface area (Å²) in [5.41, 5.74) is 9.19. The van der Waals surface area contributed by atoms with Gasteiger partial charge in [-0.05, 0) is 44.4 Å². The molecule has 1 atom stereocenters. The fourth-order valence-electron chi connectivity index (χ4n) is 2.04. The molecule has 114 valence electrons. The Labute approximate surface area is 118 Å². The summed E-state index contributed by atoms with van der Waals surface area (Å²) in [6, 6.07) is 5.17. The third-order valence-electron chi connectivity index (χ3n) is 3.50. The number of hydrogen-bond donors (Lipinski definition) is 1. The zero-order valence-corrected chi connectivity index (χ0v) is 12.5. The lowest BCUT2D eigenvalue weighted by atomic mass is 10.0. The van der Waals surface area contributed by atoms with Gasteiger partial charge in [0.2, 0.25) is 0 Å². The minimum Gasteiger partial charge on any atom is -0.323 e. The number of nitrogens with two attached hydrogens (primary N) is 1. The Morgan fingerprint density at radius 2 is 1.75 bits per heavy atom. The van der Waals surface area contributed by atoms with E-state index < -0.39 is 18.8 Å². The van der Waals surface area contributed by atoms with E-state index in [1.165, 1.54) is 4.90 Å². The first-order valence-corrected chi connectivity index (χ1v) is 6.73. The average molecular weight is 288 g/mol. The molecule has 2 nitrogen and oxygen atoms in total. The Morgan fingerprint density at radius 1 is 1.15 bits per heavy atom. The number of nitrogens with zero attached hydrogens (tertiary/aromatic N) is 1. The minimum absolute atomic E-state index is 0.194. The van der Waals surface area contributed by atoms with Crippen molar-refractivity contribution in [2.24, 2.45) is 5.73 Å². The van der Waals surface area contributed by atoms with Crippen molar-refractivity contribution in [1.29, 1.82) is 0 Å². The molecular weight excluding hydrogens is 265 g/mol. The number of halogens is 3. The molecule has 0 spiro atoms. The van der Waals surface area contributed by atoms with Gasteiger partial charge in [-0.2, -0.15) is 13.2 Å². The summed E-state index contributed by atoms with van der Waals surface area (Å²) in [6.45, 7) is 6.73. The van der Waals surface area contributed by atoms with Crippen molar-refractivity contribution in [2.45, 2.75) is 46.0 Å². The molecular formula is C15H23F3N2. The lowest BCUT2D eigenvalue weighted by molar-refractivity contribution is -0.150. The van der Waals surface area contributed by atoms with Gasteiger partial charge in [-0.1, -0.05) is 18.2 Å². The van der Waals surface area contributed by atoms with Crippen LogP contribution in [0.3, 0.4) is 0 Å². The maximum Gasteiger partial charge on any atom is 0.401 e. The second-order valence-electron chi connectivity index (χ2n) is 5.59. The maximum atomic E-state index is 12.6. The molecule has 0 aliphatic rings. The Hall–Kier alpha value is -1.07. The predicted octanol–water partition coefficient (Wildman–Crippen LogP) is 3.58. The average Bonchev–Trinajstić information content (AvgIpc) is 2.29. The molecule has 1 rings (SSSR count). The van der Waals surface area contributed by atoms with Crippen molar-refractivity contribution in [3.8, 4) is 0 Å². The first-order valence-electron chi connectivity index (χ1n) is 6.73. The molecule has 0 saturated carbocycles. The molecule has 0 aromatic heterocycles. The Morgan fingerprint density at radius 3 is 2.20 bits per heavy atom. The van der Waals surface area contributed by atoms with E-state index in [0.29, 0.717) is 0 Å². The molecule has 1 unspecified atom stereocenters. The van der Waals surface area contributed by atoms with E-state index in [-0.39, 0.29) is 12.6 Å². The van der Waals surface area contributed by atoms with E-state index in [1.54, 1.807) is 13.8 Å². The van der Waals surface area contributed by atoms with Crippen molar-refractivity contribution < 1.29 is 13.2 Å². The summed E-state index contributed by atoms with van der Waals surface area (Å²) in [5, 5.41) is 0. The zero-order valence-electron chi connectivity index (χ0n) is 12.5. The van der Waals surface area contributed by atoms with Crippen LogP contribution in [0.2, 0.25) is 0 Å². The second-order valence-corrected chi connectivity index (χ2v) is 5.59. The number of aryl methyl sites for hydroxylation is 2. The molecule has 5 heteroatoms. The Balaban J connectivity index is 2.79. The third-order valence-corrected chi connectivity index (χ3v) is 3.50. The number of hydrogen-bond acceptors (Lipinski definition) is 2. The zero-order chi connectivity index (χ0) is 15.5. The summed E-state index contributed by atoms with van der Waals surface area (Å²) in [5.74, 6) is 0. The highest BCUT2D eigenvalue weighted by Crippen LogP contribution is 2.21. The molecule has 0 bridgehead atoms. The van der Waals surface area contributed by atoms with Crippen LogP contribution in [0.5, 0.6) is 0 Å². The molecule has 1 aromatic carbocycles. The van der Waals surface area contributed by atoms with Crippen LogP contribution in [0.25, 0.3) is 0 Å². The van der Waals surface area contributed by atoms with Gasteiger partial charge in [-0.25, -0.2) is 0 Å². The normalized spacial score (nSPS) is 14.1. The van der Waals surface area contributed by atoms with Crippen molar-refractivity contribution in [1.82, 2.24) is 4.90 Å². The molecule has 20 heavy (non-hydrogen) atoms. The van der Waals surface area contributed by atoms with Gasteiger partial charge in [0.15, 0.2) is 0 Å². The largest absolute Gasteiger partial charge is 0.401 e. The van der Waals surface area contributed by atoms with Crippen LogP contribution in [-0.2, 0) is 0 Å². The van der Waals surface area contributed by atoms with Crippen molar-refractivity contribution in [3.05, 3.63) is 34.9 Å². The number of alkyl halides is 3. The van der Waals surface area contributed by atoms with E-state index >= 15 is 0 Å². The van der Waals surface area contributed by atoms with E-state index in [0.717, 1.165) is 16.7 Å². The van der Waals surface area contributed by atoms with Crippen molar-refractivity contribution in [3.63, 3.8) is 0 Å². The lowest BCUT2D eigenvalue weighted by Gasteiger charge is -2.30. The highest BCUT2D eigenvalue weighted by molar-refractivity contribution is 5.31. The van der Waals surface area contributed by atoms with Crippen LogP contribution in [-0.4, -0.2) is 30.2 Å². The SMILES string of the molecule is Cc1ccc(C(N)CN(CC(F)(F)F)C(C)C)cc1C. The fourth-order valence-corrected chi connectivity index (χ4v) is 2.04. The quantitative estimate of drug-likeness (QED) is 0.897. The lowest BCUT2D eigenvalue weighted by Crippen LogP contribution is -2.42. The highest BCUT2D eigenvalue weighted by Gasteiger charge is 2.32. The first-order chi connectivity index (χ1) is 9.10. The van der Waals surface area contributed by atoms with E-state index in [4.69, 9.17) is 5.73 Å². The molecule has 0 aliphatic heterocycles. The summed E-state index contributed by atoms with van der Waals surface area (Å²) in [6.07, 6.45) is -4.20. The van der Waals surface area contributed by atoms with Gasteiger partial charge in [0.1, 0.15) is 0 Å². The fraction of sp³-hybridized carbons (Fsp3) is 0.600.